The normalized spacial score (nSPS) is 10.2. The van der Waals surface area contributed by atoms with Gasteiger partial charge in [-0.1, -0.05) is 19.8 Å². The van der Waals surface area contributed by atoms with Crippen molar-refractivity contribution in [3.63, 3.8) is 0 Å². The standard InChI is InChI=1S/C14H24N4O2/c1-2-3-7-13(19)16-9-6-4-5-8-14(20)18-12-10-15-11-17-12/h10-11H,2-9H2,1H3,(H,15,17)(H,16,19)(H,18,20). The van der Waals surface area contributed by atoms with Crippen molar-refractivity contribution < 1.29 is 9.59 Å². The highest BCUT2D eigenvalue weighted by atomic mass is 16.2. The van der Waals surface area contributed by atoms with Crippen molar-refractivity contribution in [2.45, 2.75) is 51.9 Å². The average Bonchev–Trinajstić information content (AvgIpc) is 2.93. The van der Waals surface area contributed by atoms with E-state index in [0.717, 1.165) is 32.1 Å². The first-order valence-corrected chi connectivity index (χ1v) is 7.27. The van der Waals surface area contributed by atoms with E-state index in [0.29, 0.717) is 25.2 Å². The number of unbranched alkanes of at least 4 members (excludes halogenated alkanes) is 3. The average molecular weight is 280 g/mol. The molecule has 0 saturated heterocycles. The molecule has 3 N–H and O–H groups in total. The van der Waals surface area contributed by atoms with Crippen molar-refractivity contribution in [1.29, 1.82) is 0 Å². The van der Waals surface area contributed by atoms with Gasteiger partial charge < -0.3 is 15.6 Å². The lowest BCUT2D eigenvalue weighted by atomic mass is 10.2. The van der Waals surface area contributed by atoms with E-state index in [2.05, 4.69) is 27.5 Å². The van der Waals surface area contributed by atoms with Crippen LogP contribution in [0.4, 0.5) is 5.82 Å². The molecule has 0 saturated carbocycles. The van der Waals surface area contributed by atoms with E-state index in [1.807, 2.05) is 0 Å². The molecule has 0 fully saturated rings. The minimum atomic E-state index is -0.0240. The van der Waals surface area contributed by atoms with Gasteiger partial charge in [0.05, 0.1) is 6.33 Å². The van der Waals surface area contributed by atoms with E-state index < -0.39 is 0 Å². The van der Waals surface area contributed by atoms with Gasteiger partial charge in [0.2, 0.25) is 11.8 Å². The molecule has 0 unspecified atom stereocenters. The van der Waals surface area contributed by atoms with Crippen LogP contribution in [0.15, 0.2) is 12.5 Å². The van der Waals surface area contributed by atoms with Gasteiger partial charge in [-0.25, -0.2) is 4.98 Å². The van der Waals surface area contributed by atoms with Gasteiger partial charge in [0.15, 0.2) is 5.82 Å². The quantitative estimate of drug-likeness (QED) is 0.574. The molecule has 0 radical (unpaired) electrons. The van der Waals surface area contributed by atoms with Crippen LogP contribution in [0.2, 0.25) is 0 Å². The molecule has 1 aromatic heterocycles. The number of hydrogen-bond acceptors (Lipinski definition) is 3. The zero-order chi connectivity index (χ0) is 14.6. The molecular weight excluding hydrogens is 256 g/mol. The van der Waals surface area contributed by atoms with Crippen LogP contribution in [0.25, 0.3) is 0 Å². The summed E-state index contributed by atoms with van der Waals surface area (Å²) in [4.78, 5) is 29.6. The molecular formula is C14H24N4O2. The second-order valence-electron chi connectivity index (χ2n) is 4.77. The number of aromatic amines is 1. The number of hydrogen-bond donors (Lipinski definition) is 3. The summed E-state index contributed by atoms with van der Waals surface area (Å²) in [5.74, 6) is 0.658. The van der Waals surface area contributed by atoms with E-state index in [1.165, 1.54) is 6.33 Å². The Kier molecular flexibility index (Phi) is 8.10. The van der Waals surface area contributed by atoms with E-state index in [4.69, 9.17) is 0 Å². The van der Waals surface area contributed by atoms with E-state index >= 15 is 0 Å². The van der Waals surface area contributed by atoms with Crippen LogP contribution in [0.1, 0.15) is 51.9 Å². The molecule has 20 heavy (non-hydrogen) atoms. The molecule has 0 aliphatic carbocycles. The molecule has 1 aromatic rings. The Balaban J connectivity index is 1.94. The summed E-state index contributed by atoms with van der Waals surface area (Å²) >= 11 is 0. The summed E-state index contributed by atoms with van der Waals surface area (Å²) < 4.78 is 0. The van der Waals surface area contributed by atoms with Crippen LogP contribution in [-0.4, -0.2) is 28.3 Å². The Labute approximate surface area is 119 Å². The largest absolute Gasteiger partial charge is 0.356 e. The maximum atomic E-state index is 11.5. The molecule has 0 aliphatic rings. The first-order chi connectivity index (χ1) is 9.72. The molecule has 0 atom stereocenters. The number of aromatic nitrogens is 2. The van der Waals surface area contributed by atoms with Crippen LogP contribution in [0.5, 0.6) is 0 Å². The third-order valence-electron chi connectivity index (χ3n) is 2.93. The lowest BCUT2D eigenvalue weighted by Gasteiger charge is -2.05. The number of nitrogens with zero attached hydrogens (tertiary/aromatic N) is 1. The van der Waals surface area contributed by atoms with Crippen molar-refractivity contribution >= 4 is 17.6 Å². The van der Waals surface area contributed by atoms with E-state index in [-0.39, 0.29) is 11.8 Å². The number of carbonyl (C=O) groups is 2. The second-order valence-corrected chi connectivity index (χ2v) is 4.77. The van der Waals surface area contributed by atoms with Crippen LogP contribution in [-0.2, 0) is 9.59 Å². The van der Waals surface area contributed by atoms with Gasteiger partial charge in [-0.2, -0.15) is 0 Å². The number of carbonyl (C=O) groups excluding carboxylic acids is 2. The van der Waals surface area contributed by atoms with Gasteiger partial charge in [0.25, 0.3) is 0 Å². The third kappa shape index (κ3) is 7.56. The Hall–Kier alpha value is -1.85. The minimum absolute atomic E-state index is 0.0240. The van der Waals surface area contributed by atoms with Gasteiger partial charge >= 0.3 is 0 Å². The van der Waals surface area contributed by atoms with Gasteiger partial charge in [-0.05, 0) is 19.3 Å². The zero-order valence-electron chi connectivity index (χ0n) is 12.1. The fraction of sp³-hybridized carbons (Fsp3) is 0.643. The third-order valence-corrected chi connectivity index (χ3v) is 2.93. The van der Waals surface area contributed by atoms with Gasteiger partial charge in [0, 0.05) is 25.6 Å². The van der Waals surface area contributed by atoms with E-state index in [1.54, 1.807) is 6.20 Å². The number of nitrogens with one attached hydrogen (secondary N) is 3. The van der Waals surface area contributed by atoms with Crippen molar-refractivity contribution in [1.82, 2.24) is 15.3 Å². The Morgan fingerprint density at radius 2 is 1.95 bits per heavy atom. The molecule has 0 aromatic carbocycles. The smallest absolute Gasteiger partial charge is 0.225 e. The number of H-pyrrole nitrogens is 1. The van der Waals surface area contributed by atoms with Crippen LogP contribution < -0.4 is 10.6 Å². The maximum Gasteiger partial charge on any atom is 0.225 e. The first-order valence-electron chi connectivity index (χ1n) is 7.27. The van der Waals surface area contributed by atoms with Crippen LogP contribution in [0.3, 0.4) is 0 Å². The second kappa shape index (κ2) is 10.00. The van der Waals surface area contributed by atoms with Gasteiger partial charge in [-0.3, -0.25) is 9.59 Å². The topological polar surface area (TPSA) is 86.9 Å². The van der Waals surface area contributed by atoms with Crippen LogP contribution in [0, 0.1) is 0 Å². The Morgan fingerprint density at radius 3 is 2.65 bits per heavy atom. The van der Waals surface area contributed by atoms with Crippen molar-refractivity contribution in [2.75, 3.05) is 11.9 Å². The highest BCUT2D eigenvalue weighted by Gasteiger charge is 2.03. The molecule has 0 bridgehead atoms. The van der Waals surface area contributed by atoms with E-state index in [9.17, 15) is 9.59 Å². The van der Waals surface area contributed by atoms with Gasteiger partial charge in [0.1, 0.15) is 0 Å². The lowest BCUT2D eigenvalue weighted by molar-refractivity contribution is -0.121. The number of imidazole rings is 1. The fourth-order valence-corrected chi connectivity index (χ4v) is 1.77. The maximum absolute atomic E-state index is 11.5. The molecule has 112 valence electrons. The molecule has 2 amide bonds. The molecule has 0 aliphatic heterocycles. The minimum Gasteiger partial charge on any atom is -0.356 e. The van der Waals surface area contributed by atoms with Crippen LogP contribution >= 0.6 is 0 Å². The molecule has 6 heteroatoms. The Bertz CT molecular complexity index is 390. The van der Waals surface area contributed by atoms with Gasteiger partial charge in [-0.15, -0.1) is 0 Å². The van der Waals surface area contributed by atoms with Crippen molar-refractivity contribution in [2.24, 2.45) is 0 Å². The first kappa shape index (κ1) is 16.2. The molecule has 1 rings (SSSR count). The monoisotopic (exact) mass is 280 g/mol. The number of rotatable bonds is 10. The SMILES string of the molecule is CCCCC(=O)NCCCCCC(=O)Nc1c[nH]cn1. The summed E-state index contributed by atoms with van der Waals surface area (Å²) in [5.41, 5.74) is 0. The fourth-order valence-electron chi connectivity index (χ4n) is 1.77. The summed E-state index contributed by atoms with van der Waals surface area (Å²) in [6.07, 6.45) is 8.91. The zero-order valence-corrected chi connectivity index (χ0v) is 12.1. The number of anilines is 1. The lowest BCUT2D eigenvalue weighted by Crippen LogP contribution is -2.24. The number of amides is 2. The molecule has 6 nitrogen and oxygen atoms in total. The van der Waals surface area contributed by atoms with Crippen molar-refractivity contribution in [3.05, 3.63) is 12.5 Å². The summed E-state index contributed by atoms with van der Waals surface area (Å²) in [5, 5.41) is 5.59. The highest BCUT2D eigenvalue weighted by molar-refractivity contribution is 5.89. The Morgan fingerprint density at radius 1 is 1.15 bits per heavy atom. The summed E-state index contributed by atoms with van der Waals surface area (Å²) in [6, 6.07) is 0. The van der Waals surface area contributed by atoms with Crippen molar-refractivity contribution in [3.8, 4) is 0 Å². The summed E-state index contributed by atoms with van der Waals surface area (Å²) in [6.45, 7) is 2.77. The molecule has 1 heterocycles. The summed E-state index contributed by atoms with van der Waals surface area (Å²) in [7, 11) is 0. The predicted octanol–water partition coefficient (Wildman–Crippen LogP) is 2.21. The molecule has 0 spiro atoms. The highest BCUT2D eigenvalue weighted by Crippen LogP contribution is 2.03. The predicted molar refractivity (Wildman–Crippen MR) is 78.2 cm³/mol.